The molecule has 1 N–H and O–H groups in total. The van der Waals surface area contributed by atoms with E-state index in [4.69, 9.17) is 0 Å². The smallest absolute Gasteiger partial charge is 0.0224 e. The van der Waals surface area contributed by atoms with E-state index in [9.17, 15) is 0 Å². The summed E-state index contributed by atoms with van der Waals surface area (Å²) in [5.41, 5.74) is 1.29. The van der Waals surface area contributed by atoms with Gasteiger partial charge in [0.15, 0.2) is 0 Å². The summed E-state index contributed by atoms with van der Waals surface area (Å²) in [4.78, 5) is 2.59. The first-order valence-corrected chi connectivity index (χ1v) is 6.33. The first-order chi connectivity index (χ1) is 7.24. The quantitative estimate of drug-likeness (QED) is 0.535. The molecule has 88 valence electrons. The van der Waals surface area contributed by atoms with E-state index in [0.717, 1.165) is 25.7 Å². The van der Waals surface area contributed by atoms with E-state index in [1.165, 1.54) is 37.8 Å². The average molecular weight is 210 g/mol. The molecule has 0 bridgehead atoms. The largest absolute Gasteiger partial charge is 0.315 e. The Morgan fingerprint density at radius 1 is 1.47 bits per heavy atom. The Labute approximate surface area is 94.7 Å². The van der Waals surface area contributed by atoms with Crippen molar-refractivity contribution in [2.75, 3.05) is 26.2 Å². The number of hydrogen-bond donors (Lipinski definition) is 1. The summed E-state index contributed by atoms with van der Waals surface area (Å²) >= 11 is 0. The van der Waals surface area contributed by atoms with E-state index in [0.29, 0.717) is 0 Å². The Morgan fingerprint density at radius 2 is 2.27 bits per heavy atom. The molecule has 0 amide bonds. The molecule has 1 aliphatic rings. The topological polar surface area (TPSA) is 15.3 Å². The highest BCUT2D eigenvalue weighted by atomic mass is 15.2. The van der Waals surface area contributed by atoms with Crippen LogP contribution in [0, 0.1) is 0 Å². The molecule has 0 aromatic rings. The Kier molecular flexibility index (Phi) is 5.96. The minimum atomic E-state index is 0.738. The van der Waals surface area contributed by atoms with E-state index in [1.807, 2.05) is 0 Å². The molecule has 0 radical (unpaired) electrons. The number of nitrogens with one attached hydrogen (secondary N) is 1. The third-order valence-corrected chi connectivity index (χ3v) is 3.03. The number of nitrogens with zero attached hydrogens (tertiary/aromatic N) is 1. The van der Waals surface area contributed by atoms with Crippen LogP contribution in [0.15, 0.2) is 12.2 Å². The number of likely N-dealkylation sites (tertiary alicyclic amines) is 1. The molecular formula is C13H26N2. The molecule has 1 unspecified atom stereocenters. The lowest BCUT2D eigenvalue weighted by Crippen LogP contribution is -2.46. The van der Waals surface area contributed by atoms with Crippen LogP contribution in [0.2, 0.25) is 0 Å². The molecule has 0 spiro atoms. The maximum Gasteiger partial charge on any atom is 0.0224 e. The Morgan fingerprint density at radius 3 is 2.93 bits per heavy atom. The molecule has 1 fully saturated rings. The van der Waals surface area contributed by atoms with E-state index in [-0.39, 0.29) is 0 Å². The van der Waals surface area contributed by atoms with Gasteiger partial charge < -0.3 is 5.32 Å². The van der Waals surface area contributed by atoms with Gasteiger partial charge in [-0.1, -0.05) is 25.5 Å². The van der Waals surface area contributed by atoms with Gasteiger partial charge in [0, 0.05) is 19.1 Å². The highest BCUT2D eigenvalue weighted by molar-refractivity contribution is 4.94. The fourth-order valence-electron chi connectivity index (χ4n) is 2.29. The van der Waals surface area contributed by atoms with Gasteiger partial charge in [-0.05, 0) is 39.3 Å². The Balaban J connectivity index is 2.32. The van der Waals surface area contributed by atoms with Gasteiger partial charge in [0.25, 0.3) is 0 Å². The highest BCUT2D eigenvalue weighted by Crippen LogP contribution is 2.17. The van der Waals surface area contributed by atoms with Gasteiger partial charge in [-0.2, -0.15) is 0 Å². The van der Waals surface area contributed by atoms with Gasteiger partial charge in [-0.3, -0.25) is 4.90 Å². The molecule has 0 saturated carbocycles. The third-order valence-electron chi connectivity index (χ3n) is 3.03. The molecule has 0 aromatic carbocycles. The molecular weight excluding hydrogens is 184 g/mol. The zero-order valence-electron chi connectivity index (χ0n) is 10.4. The molecule has 1 saturated heterocycles. The average Bonchev–Trinajstić information content (AvgIpc) is 2.20. The lowest BCUT2D eigenvalue weighted by molar-refractivity contribution is 0.158. The van der Waals surface area contributed by atoms with Gasteiger partial charge in [-0.25, -0.2) is 0 Å². The summed E-state index contributed by atoms with van der Waals surface area (Å²) < 4.78 is 0. The number of piperidine rings is 1. The number of hydrogen-bond acceptors (Lipinski definition) is 2. The van der Waals surface area contributed by atoms with Crippen LogP contribution >= 0.6 is 0 Å². The summed E-state index contributed by atoms with van der Waals surface area (Å²) in [6.45, 7) is 13.0. The lowest BCUT2D eigenvalue weighted by atomic mass is 10.0. The van der Waals surface area contributed by atoms with Gasteiger partial charge in [0.2, 0.25) is 0 Å². The van der Waals surface area contributed by atoms with Gasteiger partial charge in [0.1, 0.15) is 0 Å². The standard InChI is InChI=1S/C13H26N2/c1-4-8-14-10-13-7-5-6-9-15(13)11-12(2)3/h13-14H,2,4-11H2,1,3H3. The van der Waals surface area contributed by atoms with Gasteiger partial charge >= 0.3 is 0 Å². The first-order valence-electron chi connectivity index (χ1n) is 6.33. The van der Waals surface area contributed by atoms with Crippen LogP contribution in [-0.2, 0) is 0 Å². The SMILES string of the molecule is C=C(C)CN1CCCCC1CNCCC. The van der Waals surface area contributed by atoms with Crippen molar-refractivity contribution in [3.63, 3.8) is 0 Å². The van der Waals surface area contributed by atoms with Crippen molar-refractivity contribution in [2.24, 2.45) is 0 Å². The van der Waals surface area contributed by atoms with Crippen molar-refractivity contribution in [3.05, 3.63) is 12.2 Å². The van der Waals surface area contributed by atoms with E-state index >= 15 is 0 Å². The lowest BCUT2D eigenvalue weighted by Gasteiger charge is -2.36. The van der Waals surface area contributed by atoms with Crippen molar-refractivity contribution in [2.45, 2.75) is 45.6 Å². The van der Waals surface area contributed by atoms with Crippen molar-refractivity contribution in [3.8, 4) is 0 Å². The normalized spacial score (nSPS) is 22.9. The summed E-state index contributed by atoms with van der Waals surface area (Å²) in [5, 5.41) is 3.54. The molecule has 15 heavy (non-hydrogen) atoms. The monoisotopic (exact) mass is 210 g/mol. The molecule has 2 heteroatoms. The molecule has 0 aromatic heterocycles. The first kappa shape index (κ1) is 12.7. The summed E-state index contributed by atoms with van der Waals surface area (Å²) in [6.07, 6.45) is 5.33. The van der Waals surface area contributed by atoms with E-state index < -0.39 is 0 Å². The predicted molar refractivity (Wildman–Crippen MR) is 67.2 cm³/mol. The fraction of sp³-hybridized carbons (Fsp3) is 0.846. The van der Waals surface area contributed by atoms with Crippen LogP contribution in [-0.4, -0.2) is 37.1 Å². The van der Waals surface area contributed by atoms with E-state index in [2.05, 4.69) is 30.6 Å². The Hall–Kier alpha value is -0.340. The second-order valence-corrected chi connectivity index (χ2v) is 4.78. The van der Waals surface area contributed by atoms with Gasteiger partial charge in [0.05, 0.1) is 0 Å². The predicted octanol–water partition coefficient (Wildman–Crippen LogP) is 2.42. The minimum absolute atomic E-state index is 0.738. The van der Waals surface area contributed by atoms with Crippen LogP contribution < -0.4 is 5.32 Å². The Bertz CT molecular complexity index is 189. The molecule has 2 nitrogen and oxygen atoms in total. The van der Waals surface area contributed by atoms with Crippen molar-refractivity contribution in [1.29, 1.82) is 0 Å². The molecule has 1 atom stereocenters. The highest BCUT2D eigenvalue weighted by Gasteiger charge is 2.21. The molecule has 1 aliphatic heterocycles. The second-order valence-electron chi connectivity index (χ2n) is 4.78. The van der Waals surface area contributed by atoms with Crippen LogP contribution in [0.5, 0.6) is 0 Å². The number of rotatable bonds is 6. The fourth-order valence-corrected chi connectivity index (χ4v) is 2.29. The maximum absolute atomic E-state index is 4.02. The zero-order chi connectivity index (χ0) is 11.1. The summed E-state index contributed by atoms with van der Waals surface area (Å²) in [5.74, 6) is 0. The van der Waals surface area contributed by atoms with E-state index in [1.54, 1.807) is 0 Å². The molecule has 1 heterocycles. The summed E-state index contributed by atoms with van der Waals surface area (Å²) in [6, 6.07) is 0.738. The van der Waals surface area contributed by atoms with Crippen molar-refractivity contribution < 1.29 is 0 Å². The van der Waals surface area contributed by atoms with Crippen LogP contribution in [0.4, 0.5) is 0 Å². The third kappa shape index (κ3) is 4.80. The minimum Gasteiger partial charge on any atom is -0.315 e. The zero-order valence-corrected chi connectivity index (χ0v) is 10.4. The summed E-state index contributed by atoms with van der Waals surface area (Å²) in [7, 11) is 0. The van der Waals surface area contributed by atoms with Crippen molar-refractivity contribution >= 4 is 0 Å². The van der Waals surface area contributed by atoms with Gasteiger partial charge in [-0.15, -0.1) is 0 Å². The molecule has 0 aliphatic carbocycles. The van der Waals surface area contributed by atoms with Crippen molar-refractivity contribution in [1.82, 2.24) is 10.2 Å². The van der Waals surface area contributed by atoms with Crippen LogP contribution in [0.1, 0.15) is 39.5 Å². The maximum atomic E-state index is 4.02. The second kappa shape index (κ2) is 7.02. The molecule has 1 rings (SSSR count). The van der Waals surface area contributed by atoms with Crippen LogP contribution in [0.25, 0.3) is 0 Å². The van der Waals surface area contributed by atoms with Crippen LogP contribution in [0.3, 0.4) is 0 Å².